The smallest absolute Gasteiger partial charge is 0.245 e. The maximum atomic E-state index is 12.9. The van der Waals surface area contributed by atoms with E-state index in [2.05, 4.69) is 38.1 Å². The van der Waals surface area contributed by atoms with Crippen molar-refractivity contribution in [2.75, 3.05) is 32.1 Å². The van der Waals surface area contributed by atoms with E-state index >= 15 is 0 Å². The van der Waals surface area contributed by atoms with E-state index in [0.717, 1.165) is 31.4 Å². The second-order valence-corrected chi connectivity index (χ2v) is 8.34. The largest absolute Gasteiger partial charge is 0.383 e. The molecule has 2 amide bonds. The van der Waals surface area contributed by atoms with Gasteiger partial charge in [0.2, 0.25) is 11.8 Å². The van der Waals surface area contributed by atoms with E-state index in [9.17, 15) is 9.59 Å². The van der Waals surface area contributed by atoms with Gasteiger partial charge in [-0.3, -0.25) is 14.3 Å². The first-order valence-electron chi connectivity index (χ1n) is 10.3. The monoisotopic (exact) mass is 394 g/mol. The van der Waals surface area contributed by atoms with E-state index in [1.165, 1.54) is 0 Å². The van der Waals surface area contributed by atoms with Crippen LogP contribution in [-0.4, -0.2) is 53.3 Å². The zero-order valence-corrected chi connectivity index (χ0v) is 18.7. The van der Waals surface area contributed by atoms with Crippen molar-refractivity contribution >= 4 is 17.6 Å². The van der Waals surface area contributed by atoms with Gasteiger partial charge in [0.1, 0.15) is 5.82 Å². The standard InChI is InChI=1S/C21H38N4O3/c1-8-10-11-16(9-2)20(27)25(12-13-28-7)15-19(26)22-18-14-17(21(3,4)5)23-24(18)6/h14,16H,8-13,15H2,1-7H3,(H,22,26). The molecule has 1 unspecified atom stereocenters. The molecule has 160 valence electrons. The molecule has 7 heteroatoms. The average Bonchev–Trinajstić information content (AvgIpc) is 2.99. The lowest BCUT2D eigenvalue weighted by atomic mass is 9.92. The molecular formula is C21H38N4O3. The number of hydrogen-bond acceptors (Lipinski definition) is 4. The molecular weight excluding hydrogens is 356 g/mol. The highest BCUT2D eigenvalue weighted by Gasteiger charge is 2.25. The third-order valence-corrected chi connectivity index (χ3v) is 4.88. The van der Waals surface area contributed by atoms with E-state index in [-0.39, 0.29) is 29.7 Å². The number of aryl methyl sites for hydroxylation is 1. The van der Waals surface area contributed by atoms with Crippen molar-refractivity contribution in [3.05, 3.63) is 11.8 Å². The summed E-state index contributed by atoms with van der Waals surface area (Å²) >= 11 is 0. The van der Waals surface area contributed by atoms with Gasteiger partial charge in [0, 0.05) is 38.1 Å². The summed E-state index contributed by atoms with van der Waals surface area (Å²) in [5.41, 5.74) is 0.803. The summed E-state index contributed by atoms with van der Waals surface area (Å²) in [6.07, 6.45) is 3.70. The Balaban J connectivity index is 2.84. The molecule has 0 saturated heterocycles. The molecule has 1 rings (SSSR count). The highest BCUT2D eigenvalue weighted by molar-refractivity contribution is 5.94. The van der Waals surface area contributed by atoms with Gasteiger partial charge in [-0.15, -0.1) is 0 Å². The molecule has 0 aliphatic heterocycles. The number of ether oxygens (including phenoxy) is 1. The molecule has 0 spiro atoms. The molecule has 1 heterocycles. The second-order valence-electron chi connectivity index (χ2n) is 8.34. The summed E-state index contributed by atoms with van der Waals surface area (Å²) in [7, 11) is 3.40. The molecule has 1 N–H and O–H groups in total. The average molecular weight is 395 g/mol. The van der Waals surface area contributed by atoms with Crippen molar-refractivity contribution in [1.29, 1.82) is 0 Å². The summed E-state index contributed by atoms with van der Waals surface area (Å²) in [6.45, 7) is 11.2. The fraction of sp³-hybridized carbons (Fsp3) is 0.762. The van der Waals surface area contributed by atoms with Crippen molar-refractivity contribution in [2.45, 2.75) is 65.7 Å². The van der Waals surface area contributed by atoms with Gasteiger partial charge in [-0.05, 0) is 12.8 Å². The Bertz CT molecular complexity index is 634. The molecule has 0 saturated carbocycles. The molecule has 7 nitrogen and oxygen atoms in total. The lowest BCUT2D eigenvalue weighted by molar-refractivity contribution is -0.139. The first-order chi connectivity index (χ1) is 13.1. The highest BCUT2D eigenvalue weighted by atomic mass is 16.5. The zero-order chi connectivity index (χ0) is 21.3. The van der Waals surface area contributed by atoms with Gasteiger partial charge in [0.15, 0.2) is 0 Å². The van der Waals surface area contributed by atoms with Crippen LogP contribution in [0.25, 0.3) is 0 Å². The SMILES string of the molecule is CCCCC(CC)C(=O)N(CCOC)CC(=O)Nc1cc(C(C)(C)C)nn1C. The lowest BCUT2D eigenvalue weighted by Gasteiger charge is -2.26. The van der Waals surface area contributed by atoms with Crippen LogP contribution >= 0.6 is 0 Å². The first kappa shape index (κ1) is 24.1. The van der Waals surface area contributed by atoms with Gasteiger partial charge in [0.05, 0.1) is 18.8 Å². The number of aromatic nitrogens is 2. The Morgan fingerprint density at radius 1 is 1.32 bits per heavy atom. The fourth-order valence-electron chi connectivity index (χ4n) is 2.99. The lowest BCUT2D eigenvalue weighted by Crippen LogP contribution is -2.43. The molecule has 1 atom stereocenters. The maximum absolute atomic E-state index is 12.9. The Morgan fingerprint density at radius 3 is 2.50 bits per heavy atom. The number of rotatable bonds is 11. The van der Waals surface area contributed by atoms with E-state index in [0.29, 0.717) is 19.0 Å². The molecule has 0 bridgehead atoms. The molecule has 28 heavy (non-hydrogen) atoms. The number of methoxy groups -OCH3 is 1. The van der Waals surface area contributed by atoms with Crippen LogP contribution in [0.15, 0.2) is 6.07 Å². The van der Waals surface area contributed by atoms with E-state index in [4.69, 9.17) is 4.74 Å². The van der Waals surface area contributed by atoms with Crippen molar-refractivity contribution in [1.82, 2.24) is 14.7 Å². The van der Waals surface area contributed by atoms with E-state index in [1.54, 1.807) is 23.7 Å². The molecule has 1 aromatic heterocycles. The van der Waals surface area contributed by atoms with Gasteiger partial charge >= 0.3 is 0 Å². The van der Waals surface area contributed by atoms with Crippen LogP contribution in [0, 0.1) is 5.92 Å². The van der Waals surface area contributed by atoms with Crippen LogP contribution < -0.4 is 5.32 Å². The molecule has 0 fully saturated rings. The Morgan fingerprint density at radius 2 is 2.00 bits per heavy atom. The number of nitrogens with one attached hydrogen (secondary N) is 1. The van der Waals surface area contributed by atoms with Crippen LogP contribution in [0.4, 0.5) is 5.82 Å². The summed E-state index contributed by atoms with van der Waals surface area (Å²) in [5.74, 6) is 0.391. The van der Waals surface area contributed by atoms with Crippen LogP contribution in [0.3, 0.4) is 0 Å². The molecule has 0 radical (unpaired) electrons. The van der Waals surface area contributed by atoms with Crippen molar-refractivity contribution in [3.8, 4) is 0 Å². The maximum Gasteiger partial charge on any atom is 0.245 e. The van der Waals surface area contributed by atoms with Crippen LogP contribution in [0.2, 0.25) is 0 Å². The predicted octanol–water partition coefficient (Wildman–Crippen LogP) is 3.35. The zero-order valence-electron chi connectivity index (χ0n) is 18.7. The van der Waals surface area contributed by atoms with Gasteiger partial charge in [-0.2, -0.15) is 5.10 Å². The predicted molar refractivity (Wildman–Crippen MR) is 112 cm³/mol. The molecule has 1 aromatic rings. The number of carbonyl (C=O) groups is 2. The summed E-state index contributed by atoms with van der Waals surface area (Å²) in [6, 6.07) is 1.88. The van der Waals surface area contributed by atoms with E-state index < -0.39 is 0 Å². The molecule has 0 aliphatic carbocycles. The van der Waals surface area contributed by atoms with Gasteiger partial charge in [0.25, 0.3) is 0 Å². The van der Waals surface area contributed by atoms with Gasteiger partial charge < -0.3 is 15.0 Å². The van der Waals surface area contributed by atoms with Crippen LogP contribution in [-0.2, 0) is 26.8 Å². The fourth-order valence-corrected chi connectivity index (χ4v) is 2.99. The number of unbranched alkanes of at least 4 members (excludes halogenated alkanes) is 1. The third-order valence-electron chi connectivity index (χ3n) is 4.88. The van der Waals surface area contributed by atoms with Crippen LogP contribution in [0.1, 0.15) is 66.0 Å². The van der Waals surface area contributed by atoms with Crippen LogP contribution in [0.5, 0.6) is 0 Å². The normalized spacial score (nSPS) is 12.7. The number of hydrogen-bond donors (Lipinski definition) is 1. The van der Waals surface area contributed by atoms with E-state index in [1.807, 2.05) is 13.0 Å². The second kappa shape index (κ2) is 11.2. The highest BCUT2D eigenvalue weighted by Crippen LogP contribution is 2.23. The Hall–Kier alpha value is -1.89. The van der Waals surface area contributed by atoms with Gasteiger partial charge in [-0.1, -0.05) is 47.5 Å². The number of carbonyl (C=O) groups excluding carboxylic acids is 2. The van der Waals surface area contributed by atoms with Crippen molar-refractivity contribution in [3.63, 3.8) is 0 Å². The summed E-state index contributed by atoms with van der Waals surface area (Å²) in [5, 5.41) is 7.37. The summed E-state index contributed by atoms with van der Waals surface area (Å²) < 4.78 is 6.80. The molecule has 0 aliphatic rings. The number of anilines is 1. The minimum absolute atomic E-state index is 0.0147. The molecule has 0 aromatic carbocycles. The van der Waals surface area contributed by atoms with Gasteiger partial charge in [-0.25, -0.2) is 0 Å². The minimum atomic E-state index is -0.224. The number of amides is 2. The quantitative estimate of drug-likeness (QED) is 0.624. The Labute approximate surface area is 169 Å². The summed E-state index contributed by atoms with van der Waals surface area (Å²) in [4.78, 5) is 27.2. The van der Waals surface area contributed by atoms with Crippen molar-refractivity contribution < 1.29 is 14.3 Å². The van der Waals surface area contributed by atoms with Crippen molar-refractivity contribution in [2.24, 2.45) is 13.0 Å². The minimum Gasteiger partial charge on any atom is -0.383 e. The number of nitrogens with zero attached hydrogens (tertiary/aromatic N) is 3. The third kappa shape index (κ3) is 7.26. The first-order valence-corrected chi connectivity index (χ1v) is 10.3. The Kier molecular flexibility index (Phi) is 9.65. The topological polar surface area (TPSA) is 76.5 Å².